The fraction of sp³-hybridized carbons (Fsp3) is 0.435. The van der Waals surface area contributed by atoms with Crippen LogP contribution in [-0.2, 0) is 0 Å². The molecule has 3 heterocycles. The first-order valence-corrected chi connectivity index (χ1v) is 10.9. The fourth-order valence-electron chi connectivity index (χ4n) is 4.36. The van der Waals surface area contributed by atoms with Crippen LogP contribution in [0.5, 0.6) is 0 Å². The molecule has 2 aliphatic heterocycles. The summed E-state index contributed by atoms with van der Waals surface area (Å²) in [5, 5.41) is 20.7. The van der Waals surface area contributed by atoms with Gasteiger partial charge in [-0.2, -0.15) is 5.26 Å². The van der Waals surface area contributed by atoms with Crippen molar-refractivity contribution in [3.8, 4) is 6.07 Å². The van der Waals surface area contributed by atoms with E-state index in [0.29, 0.717) is 49.0 Å². The van der Waals surface area contributed by atoms with Gasteiger partial charge in [-0.25, -0.2) is 4.98 Å². The average molecular weight is 435 g/mol. The summed E-state index contributed by atoms with van der Waals surface area (Å²) >= 11 is 0. The Hall–Kier alpha value is -3.67. The molecule has 2 aromatic rings. The van der Waals surface area contributed by atoms with E-state index >= 15 is 0 Å². The zero-order valence-corrected chi connectivity index (χ0v) is 18.1. The predicted octanol–water partition coefficient (Wildman–Crippen LogP) is 3.06. The van der Waals surface area contributed by atoms with Crippen LogP contribution < -0.4 is 9.80 Å². The number of hydrogen-bond donors (Lipinski definition) is 0. The highest BCUT2D eigenvalue weighted by atomic mass is 16.6. The number of nitriles is 1. The summed E-state index contributed by atoms with van der Waals surface area (Å²) in [4.78, 5) is 34.6. The summed E-state index contributed by atoms with van der Waals surface area (Å²) in [6.07, 6.45) is 3.73. The van der Waals surface area contributed by atoms with Crippen molar-refractivity contribution in [2.45, 2.75) is 19.8 Å². The Morgan fingerprint density at radius 2 is 1.84 bits per heavy atom. The first-order chi connectivity index (χ1) is 15.5. The molecule has 0 spiro atoms. The number of amides is 1. The summed E-state index contributed by atoms with van der Waals surface area (Å²) in [7, 11) is 0. The molecular formula is C23H26N6O3. The molecule has 0 saturated carbocycles. The van der Waals surface area contributed by atoms with E-state index in [4.69, 9.17) is 0 Å². The van der Waals surface area contributed by atoms with Crippen molar-refractivity contribution in [2.75, 3.05) is 49.1 Å². The zero-order chi connectivity index (χ0) is 22.7. The molecule has 9 heteroatoms. The number of pyridine rings is 1. The van der Waals surface area contributed by atoms with Crippen molar-refractivity contribution in [3.05, 3.63) is 57.8 Å². The third kappa shape index (κ3) is 4.35. The van der Waals surface area contributed by atoms with Crippen LogP contribution in [0.1, 0.15) is 35.7 Å². The minimum absolute atomic E-state index is 0.0757. The molecule has 2 fully saturated rings. The summed E-state index contributed by atoms with van der Waals surface area (Å²) in [6, 6.07) is 10.2. The second kappa shape index (κ2) is 9.22. The molecule has 32 heavy (non-hydrogen) atoms. The summed E-state index contributed by atoms with van der Waals surface area (Å²) in [5.41, 5.74) is 1.59. The van der Waals surface area contributed by atoms with E-state index in [1.54, 1.807) is 29.3 Å². The van der Waals surface area contributed by atoms with Gasteiger partial charge in [0.2, 0.25) is 0 Å². The van der Waals surface area contributed by atoms with Crippen molar-refractivity contribution in [1.29, 1.82) is 5.26 Å². The monoisotopic (exact) mass is 434 g/mol. The van der Waals surface area contributed by atoms with Crippen LogP contribution >= 0.6 is 0 Å². The average Bonchev–Trinajstić information content (AvgIpc) is 2.84. The number of benzene rings is 1. The minimum atomic E-state index is -0.457. The second-order valence-electron chi connectivity index (χ2n) is 8.39. The molecule has 9 nitrogen and oxygen atoms in total. The molecular weight excluding hydrogens is 408 g/mol. The summed E-state index contributed by atoms with van der Waals surface area (Å²) in [5.74, 6) is 1.07. The third-order valence-corrected chi connectivity index (χ3v) is 6.32. The van der Waals surface area contributed by atoms with E-state index < -0.39 is 4.92 Å². The molecule has 4 rings (SSSR count). The molecule has 2 aliphatic rings. The van der Waals surface area contributed by atoms with Gasteiger partial charge in [-0.15, -0.1) is 0 Å². The highest BCUT2D eigenvalue weighted by molar-refractivity contribution is 6.00. The van der Waals surface area contributed by atoms with Crippen molar-refractivity contribution in [2.24, 2.45) is 5.92 Å². The maximum absolute atomic E-state index is 13.5. The standard InChI is InChI=1S/C23H26N6O3/c1-17-6-9-26(10-7-17)21-5-4-19(29(31)32)15-20(21)23(30)28-13-11-27(12-14-28)22-18(16-24)3-2-8-25-22/h2-5,8,15,17H,6-7,9-14H2,1H3. The third-order valence-electron chi connectivity index (χ3n) is 6.32. The molecule has 0 radical (unpaired) electrons. The quantitative estimate of drug-likeness (QED) is 0.538. The molecule has 1 aromatic heterocycles. The Labute approximate surface area is 187 Å². The zero-order valence-electron chi connectivity index (χ0n) is 18.1. The molecule has 0 bridgehead atoms. The number of nitro groups is 1. The predicted molar refractivity (Wildman–Crippen MR) is 121 cm³/mol. The number of nitro benzene ring substituents is 1. The molecule has 166 valence electrons. The Balaban J connectivity index is 1.54. The van der Waals surface area contributed by atoms with E-state index in [1.807, 2.05) is 4.90 Å². The van der Waals surface area contributed by atoms with Gasteiger partial charge in [-0.1, -0.05) is 6.92 Å². The lowest BCUT2D eigenvalue weighted by atomic mass is 9.97. The first kappa shape index (κ1) is 21.6. The van der Waals surface area contributed by atoms with Gasteiger partial charge < -0.3 is 14.7 Å². The van der Waals surface area contributed by atoms with Crippen LogP contribution in [0.3, 0.4) is 0 Å². The second-order valence-corrected chi connectivity index (χ2v) is 8.39. The number of nitrogens with zero attached hydrogens (tertiary/aromatic N) is 6. The SMILES string of the molecule is CC1CCN(c2ccc([N+](=O)[O-])cc2C(=O)N2CCN(c3ncccc3C#N)CC2)CC1. The highest BCUT2D eigenvalue weighted by Crippen LogP contribution is 2.31. The number of rotatable bonds is 4. The van der Waals surface area contributed by atoms with E-state index in [1.165, 1.54) is 12.1 Å². The number of carbonyl (C=O) groups excluding carboxylic acids is 1. The van der Waals surface area contributed by atoms with E-state index in [-0.39, 0.29) is 11.6 Å². The summed E-state index contributed by atoms with van der Waals surface area (Å²) in [6.45, 7) is 5.90. The van der Waals surface area contributed by atoms with E-state index in [2.05, 4.69) is 22.9 Å². The van der Waals surface area contributed by atoms with Crippen molar-refractivity contribution < 1.29 is 9.72 Å². The summed E-state index contributed by atoms with van der Waals surface area (Å²) < 4.78 is 0. The van der Waals surface area contributed by atoms with Gasteiger partial charge in [0.1, 0.15) is 11.9 Å². The smallest absolute Gasteiger partial charge is 0.270 e. The molecule has 0 N–H and O–H groups in total. The lowest BCUT2D eigenvalue weighted by Gasteiger charge is -2.37. The van der Waals surface area contributed by atoms with Gasteiger partial charge in [-0.05, 0) is 37.0 Å². The van der Waals surface area contributed by atoms with Gasteiger partial charge in [-0.3, -0.25) is 14.9 Å². The van der Waals surface area contributed by atoms with Crippen LogP contribution in [-0.4, -0.2) is 60.0 Å². The van der Waals surface area contributed by atoms with Gasteiger partial charge in [0.25, 0.3) is 11.6 Å². The number of piperidine rings is 1. The van der Waals surface area contributed by atoms with E-state index in [0.717, 1.165) is 31.6 Å². The van der Waals surface area contributed by atoms with Crippen molar-refractivity contribution in [1.82, 2.24) is 9.88 Å². The molecule has 2 saturated heterocycles. The largest absolute Gasteiger partial charge is 0.371 e. The minimum Gasteiger partial charge on any atom is -0.371 e. The number of hydrogen-bond acceptors (Lipinski definition) is 7. The van der Waals surface area contributed by atoms with Gasteiger partial charge in [0.05, 0.1) is 21.7 Å². The molecule has 1 aromatic carbocycles. The molecule has 1 amide bonds. The van der Waals surface area contributed by atoms with Crippen LogP contribution in [0.25, 0.3) is 0 Å². The number of non-ortho nitro benzene ring substituents is 1. The Bertz CT molecular complexity index is 1050. The van der Waals surface area contributed by atoms with Gasteiger partial charge >= 0.3 is 0 Å². The van der Waals surface area contributed by atoms with Crippen LogP contribution in [0.15, 0.2) is 36.5 Å². The lowest BCUT2D eigenvalue weighted by Crippen LogP contribution is -2.49. The normalized spacial score (nSPS) is 17.2. The van der Waals surface area contributed by atoms with E-state index in [9.17, 15) is 20.2 Å². The van der Waals surface area contributed by atoms with Crippen molar-refractivity contribution in [3.63, 3.8) is 0 Å². The number of anilines is 2. The molecule has 0 unspecified atom stereocenters. The maximum Gasteiger partial charge on any atom is 0.270 e. The van der Waals surface area contributed by atoms with Gasteiger partial charge in [0.15, 0.2) is 0 Å². The van der Waals surface area contributed by atoms with Crippen LogP contribution in [0, 0.1) is 27.4 Å². The Morgan fingerprint density at radius 3 is 2.50 bits per heavy atom. The number of carbonyl (C=O) groups is 1. The van der Waals surface area contributed by atoms with Gasteiger partial charge in [0, 0.05) is 57.6 Å². The lowest BCUT2D eigenvalue weighted by molar-refractivity contribution is -0.384. The first-order valence-electron chi connectivity index (χ1n) is 10.9. The Morgan fingerprint density at radius 1 is 1.12 bits per heavy atom. The number of aromatic nitrogens is 1. The fourth-order valence-corrected chi connectivity index (χ4v) is 4.36. The van der Waals surface area contributed by atoms with Crippen LogP contribution in [0.2, 0.25) is 0 Å². The van der Waals surface area contributed by atoms with Crippen LogP contribution in [0.4, 0.5) is 17.2 Å². The molecule has 0 aliphatic carbocycles. The molecule has 0 atom stereocenters. The Kier molecular flexibility index (Phi) is 6.21. The maximum atomic E-state index is 13.5. The highest BCUT2D eigenvalue weighted by Gasteiger charge is 2.29. The number of piperazine rings is 1. The topological polar surface area (TPSA) is 107 Å². The van der Waals surface area contributed by atoms with Crippen molar-refractivity contribution >= 4 is 23.1 Å².